The van der Waals surface area contributed by atoms with E-state index in [0.717, 1.165) is 12.5 Å². The molecule has 3 rings (SSSR count). The van der Waals surface area contributed by atoms with Crippen LogP contribution in [0.3, 0.4) is 0 Å². The summed E-state index contributed by atoms with van der Waals surface area (Å²) in [6.07, 6.45) is 1.18. The number of hydrogen-bond donors (Lipinski definition) is 1. The summed E-state index contributed by atoms with van der Waals surface area (Å²) >= 11 is 0. The third-order valence-corrected chi connectivity index (χ3v) is 4.17. The number of aliphatic imine (C=N–C) groups is 1. The van der Waals surface area contributed by atoms with Crippen molar-refractivity contribution in [1.82, 2.24) is 10.2 Å². The fraction of sp³-hybridized carbons (Fsp3) is 0.316. The van der Waals surface area contributed by atoms with Gasteiger partial charge in [-0.1, -0.05) is 60.7 Å². The largest absolute Gasteiger partial charge is 0.353 e. The molecule has 1 aliphatic carbocycles. The topological polar surface area (TPSA) is 27.6 Å². The van der Waals surface area contributed by atoms with Crippen molar-refractivity contribution in [3.63, 3.8) is 0 Å². The van der Waals surface area contributed by atoms with Crippen molar-refractivity contribution in [3.05, 3.63) is 71.8 Å². The molecule has 2 aromatic carbocycles. The Morgan fingerprint density at radius 3 is 2.36 bits per heavy atom. The van der Waals surface area contributed by atoms with E-state index in [9.17, 15) is 0 Å². The zero-order valence-electron chi connectivity index (χ0n) is 13.2. The van der Waals surface area contributed by atoms with Gasteiger partial charge in [-0.15, -0.1) is 0 Å². The molecule has 0 amide bonds. The van der Waals surface area contributed by atoms with E-state index >= 15 is 0 Å². The number of benzene rings is 2. The van der Waals surface area contributed by atoms with Crippen LogP contribution in [0.5, 0.6) is 0 Å². The molecule has 2 unspecified atom stereocenters. The van der Waals surface area contributed by atoms with Crippen LogP contribution in [0, 0.1) is 0 Å². The highest BCUT2D eigenvalue weighted by molar-refractivity contribution is 5.80. The third-order valence-electron chi connectivity index (χ3n) is 4.17. The average molecular weight is 293 g/mol. The van der Waals surface area contributed by atoms with Crippen LogP contribution in [0.15, 0.2) is 65.7 Å². The van der Waals surface area contributed by atoms with Crippen LogP contribution in [0.2, 0.25) is 0 Å². The lowest BCUT2D eigenvalue weighted by Gasteiger charge is -2.22. The molecule has 0 spiro atoms. The Morgan fingerprint density at radius 1 is 1.09 bits per heavy atom. The van der Waals surface area contributed by atoms with Gasteiger partial charge in [0.25, 0.3) is 0 Å². The van der Waals surface area contributed by atoms with Gasteiger partial charge in [-0.2, -0.15) is 0 Å². The number of hydrogen-bond acceptors (Lipinski definition) is 1. The second kappa shape index (κ2) is 6.65. The van der Waals surface area contributed by atoms with Gasteiger partial charge in [0, 0.05) is 32.6 Å². The first kappa shape index (κ1) is 14.6. The van der Waals surface area contributed by atoms with E-state index in [1.54, 1.807) is 0 Å². The Balaban J connectivity index is 1.57. The first-order valence-electron chi connectivity index (χ1n) is 7.81. The van der Waals surface area contributed by atoms with Crippen LogP contribution in [0.4, 0.5) is 0 Å². The summed E-state index contributed by atoms with van der Waals surface area (Å²) in [5.74, 6) is 1.58. The molecule has 114 valence electrons. The molecular formula is C19H23N3. The highest BCUT2D eigenvalue weighted by atomic mass is 15.3. The van der Waals surface area contributed by atoms with Crippen molar-refractivity contribution in [1.29, 1.82) is 0 Å². The molecular weight excluding hydrogens is 270 g/mol. The predicted octanol–water partition coefficient (Wildman–Crippen LogP) is 3.25. The standard InChI is InChI=1S/C19H23N3/c1-20-19(22(2)14-15-9-5-3-6-10-15)21-18-13-17(18)16-11-7-4-8-12-16/h3-12,17-18H,13-14H2,1-2H3,(H,20,21). The molecule has 22 heavy (non-hydrogen) atoms. The summed E-state index contributed by atoms with van der Waals surface area (Å²) in [5, 5.41) is 3.59. The molecule has 1 saturated carbocycles. The molecule has 1 aliphatic rings. The van der Waals surface area contributed by atoms with E-state index in [-0.39, 0.29) is 0 Å². The van der Waals surface area contributed by atoms with Crippen LogP contribution in [-0.2, 0) is 6.54 Å². The second-order valence-electron chi connectivity index (χ2n) is 5.89. The molecule has 3 heteroatoms. The lowest BCUT2D eigenvalue weighted by molar-refractivity contribution is 0.475. The van der Waals surface area contributed by atoms with Gasteiger partial charge in [0.2, 0.25) is 0 Å². The van der Waals surface area contributed by atoms with Crippen LogP contribution in [0.1, 0.15) is 23.5 Å². The number of guanidine groups is 1. The summed E-state index contributed by atoms with van der Waals surface area (Å²) in [6, 6.07) is 21.7. The number of nitrogens with one attached hydrogen (secondary N) is 1. The smallest absolute Gasteiger partial charge is 0.193 e. The van der Waals surface area contributed by atoms with Gasteiger partial charge in [0.1, 0.15) is 0 Å². The average Bonchev–Trinajstić information content (AvgIpc) is 3.33. The van der Waals surface area contributed by atoms with E-state index in [0.29, 0.717) is 12.0 Å². The van der Waals surface area contributed by atoms with E-state index in [4.69, 9.17) is 0 Å². The van der Waals surface area contributed by atoms with Gasteiger partial charge in [-0.05, 0) is 17.5 Å². The van der Waals surface area contributed by atoms with E-state index in [2.05, 4.69) is 76.9 Å². The Labute approximate surface area is 132 Å². The molecule has 1 fully saturated rings. The van der Waals surface area contributed by atoms with Gasteiger partial charge in [-0.3, -0.25) is 4.99 Å². The molecule has 0 heterocycles. The minimum absolute atomic E-state index is 0.499. The van der Waals surface area contributed by atoms with Crippen molar-refractivity contribution in [2.24, 2.45) is 4.99 Å². The molecule has 1 N–H and O–H groups in total. The minimum Gasteiger partial charge on any atom is -0.353 e. The highest BCUT2D eigenvalue weighted by Gasteiger charge is 2.39. The lowest BCUT2D eigenvalue weighted by Crippen LogP contribution is -2.40. The fourth-order valence-corrected chi connectivity index (χ4v) is 2.87. The van der Waals surface area contributed by atoms with Crippen LogP contribution in [0.25, 0.3) is 0 Å². The molecule has 2 aromatic rings. The van der Waals surface area contributed by atoms with Gasteiger partial charge < -0.3 is 10.2 Å². The Kier molecular flexibility index (Phi) is 4.42. The van der Waals surface area contributed by atoms with Gasteiger partial charge in [0.05, 0.1) is 0 Å². The number of nitrogens with zero attached hydrogens (tertiary/aromatic N) is 2. The maximum atomic E-state index is 4.42. The zero-order chi connectivity index (χ0) is 15.4. The van der Waals surface area contributed by atoms with Crippen LogP contribution in [-0.4, -0.2) is 31.0 Å². The number of rotatable bonds is 4. The molecule has 0 saturated heterocycles. The van der Waals surface area contributed by atoms with E-state index in [1.165, 1.54) is 17.5 Å². The third kappa shape index (κ3) is 3.48. The van der Waals surface area contributed by atoms with Crippen molar-refractivity contribution >= 4 is 5.96 Å². The van der Waals surface area contributed by atoms with E-state index in [1.807, 2.05) is 13.1 Å². The molecule has 0 aromatic heterocycles. The van der Waals surface area contributed by atoms with Crippen molar-refractivity contribution in [2.45, 2.75) is 24.9 Å². The monoisotopic (exact) mass is 293 g/mol. The summed E-state index contributed by atoms with van der Waals surface area (Å²) in [6.45, 7) is 0.864. The first-order chi connectivity index (χ1) is 10.8. The fourth-order valence-electron chi connectivity index (χ4n) is 2.87. The van der Waals surface area contributed by atoms with Crippen molar-refractivity contribution in [2.75, 3.05) is 14.1 Å². The van der Waals surface area contributed by atoms with Gasteiger partial charge in [-0.25, -0.2) is 0 Å². The summed E-state index contributed by atoms with van der Waals surface area (Å²) in [4.78, 5) is 6.60. The molecule has 3 nitrogen and oxygen atoms in total. The van der Waals surface area contributed by atoms with Crippen molar-refractivity contribution in [3.8, 4) is 0 Å². The normalized spacial score (nSPS) is 20.5. The van der Waals surface area contributed by atoms with E-state index < -0.39 is 0 Å². The summed E-state index contributed by atoms with van der Waals surface area (Å²) in [7, 11) is 3.94. The summed E-state index contributed by atoms with van der Waals surface area (Å²) in [5.41, 5.74) is 2.71. The quantitative estimate of drug-likeness (QED) is 0.692. The van der Waals surface area contributed by atoms with Gasteiger partial charge >= 0.3 is 0 Å². The van der Waals surface area contributed by atoms with Crippen molar-refractivity contribution < 1.29 is 0 Å². The molecule has 0 aliphatic heterocycles. The summed E-state index contributed by atoms with van der Waals surface area (Å²) < 4.78 is 0. The van der Waals surface area contributed by atoms with Crippen LogP contribution >= 0.6 is 0 Å². The Bertz CT molecular complexity index is 622. The minimum atomic E-state index is 0.499. The first-order valence-corrected chi connectivity index (χ1v) is 7.81. The molecule has 2 atom stereocenters. The lowest BCUT2D eigenvalue weighted by atomic mass is 10.1. The SMILES string of the molecule is CN=C(NC1CC1c1ccccc1)N(C)Cc1ccccc1. The Morgan fingerprint density at radius 2 is 1.73 bits per heavy atom. The second-order valence-corrected chi connectivity index (χ2v) is 5.89. The highest BCUT2D eigenvalue weighted by Crippen LogP contribution is 2.40. The van der Waals surface area contributed by atoms with Gasteiger partial charge in [0.15, 0.2) is 5.96 Å². The Hall–Kier alpha value is -2.29. The predicted molar refractivity (Wildman–Crippen MR) is 92.0 cm³/mol. The zero-order valence-corrected chi connectivity index (χ0v) is 13.2. The molecule has 0 radical (unpaired) electrons. The maximum absolute atomic E-state index is 4.42. The maximum Gasteiger partial charge on any atom is 0.193 e. The molecule has 0 bridgehead atoms. The van der Waals surface area contributed by atoms with Crippen LogP contribution < -0.4 is 5.32 Å².